The van der Waals surface area contributed by atoms with Crippen molar-refractivity contribution >= 4 is 28.6 Å². The Balaban J connectivity index is 1.37. The molecule has 0 saturated heterocycles. The predicted octanol–water partition coefficient (Wildman–Crippen LogP) is 3.82. The van der Waals surface area contributed by atoms with Gasteiger partial charge in [0.2, 0.25) is 0 Å². The van der Waals surface area contributed by atoms with Gasteiger partial charge in [0.1, 0.15) is 5.69 Å². The van der Waals surface area contributed by atoms with Crippen LogP contribution in [0.4, 0.5) is 0 Å². The monoisotopic (exact) mass is 385 g/mol. The van der Waals surface area contributed by atoms with E-state index in [4.69, 9.17) is 4.74 Å². The molecule has 7 heteroatoms. The molecule has 3 aromatic rings. The number of nitrogens with zero attached hydrogens (tertiary/aromatic N) is 3. The van der Waals surface area contributed by atoms with Crippen LogP contribution in [-0.2, 0) is 30.9 Å². The maximum absolute atomic E-state index is 12.6. The topological polar surface area (TPSA) is 55.3 Å². The second-order valence-corrected chi connectivity index (χ2v) is 8.52. The Labute approximate surface area is 160 Å². The van der Waals surface area contributed by atoms with E-state index in [0.717, 1.165) is 23.5 Å². The van der Waals surface area contributed by atoms with E-state index in [2.05, 4.69) is 16.0 Å². The molecule has 0 aromatic carbocycles. The summed E-state index contributed by atoms with van der Waals surface area (Å²) in [6.45, 7) is 4.51. The molecule has 0 aliphatic carbocycles. The van der Waals surface area contributed by atoms with E-state index in [1.54, 1.807) is 23.7 Å². The third-order valence-corrected chi connectivity index (χ3v) is 6.29. The number of hydrogen-bond acceptors (Lipinski definition) is 6. The number of fused-ring (bicyclic) bond motifs is 1. The van der Waals surface area contributed by atoms with Crippen molar-refractivity contribution in [2.45, 2.75) is 33.1 Å². The first kappa shape index (κ1) is 17.3. The predicted molar refractivity (Wildman–Crippen MR) is 102 cm³/mol. The number of carbonyl (C=O) groups is 1. The lowest BCUT2D eigenvalue weighted by Crippen LogP contribution is -2.35. The van der Waals surface area contributed by atoms with Crippen molar-refractivity contribution in [1.29, 1.82) is 0 Å². The van der Waals surface area contributed by atoms with Gasteiger partial charge in [-0.2, -0.15) is 0 Å². The number of carbonyl (C=O) groups excluding carboxylic acids is 1. The van der Waals surface area contributed by atoms with Crippen LogP contribution in [0.2, 0.25) is 0 Å². The number of ether oxygens (including phenoxy) is 1. The lowest BCUT2D eigenvalue weighted by Gasteiger charge is -2.26. The molecule has 0 N–H and O–H groups in total. The Morgan fingerprint density at radius 1 is 1.31 bits per heavy atom. The lowest BCUT2D eigenvalue weighted by molar-refractivity contribution is 0.0730. The van der Waals surface area contributed by atoms with E-state index >= 15 is 0 Å². The first-order valence-electron chi connectivity index (χ1n) is 8.47. The van der Waals surface area contributed by atoms with Gasteiger partial charge in [0.15, 0.2) is 0 Å². The highest BCUT2D eigenvalue weighted by Crippen LogP contribution is 2.29. The van der Waals surface area contributed by atoms with E-state index in [9.17, 15) is 4.79 Å². The third kappa shape index (κ3) is 3.85. The smallest absolute Gasteiger partial charge is 0.273 e. The first-order chi connectivity index (χ1) is 12.7. The van der Waals surface area contributed by atoms with Crippen molar-refractivity contribution in [2.24, 2.45) is 0 Å². The molecule has 1 amide bonds. The molecule has 0 saturated carbocycles. The van der Waals surface area contributed by atoms with Gasteiger partial charge in [-0.25, -0.2) is 4.98 Å². The van der Waals surface area contributed by atoms with Gasteiger partial charge in [0.05, 0.1) is 18.2 Å². The molecular formula is C19H19N3O2S2. The Kier molecular flexibility index (Phi) is 5.10. The molecule has 134 valence electrons. The van der Waals surface area contributed by atoms with Crippen LogP contribution in [0.25, 0.3) is 0 Å². The quantitative estimate of drug-likeness (QED) is 0.670. The highest BCUT2D eigenvalue weighted by molar-refractivity contribution is 7.12. The average Bonchev–Trinajstić information content (AvgIpc) is 3.27. The maximum atomic E-state index is 12.6. The van der Waals surface area contributed by atoms with E-state index < -0.39 is 0 Å². The molecule has 26 heavy (non-hydrogen) atoms. The van der Waals surface area contributed by atoms with Crippen LogP contribution in [0, 0.1) is 6.92 Å². The summed E-state index contributed by atoms with van der Waals surface area (Å²) < 4.78 is 5.82. The number of rotatable bonds is 5. The number of hydrogen-bond donors (Lipinski definition) is 0. The summed E-state index contributed by atoms with van der Waals surface area (Å²) >= 11 is 3.31. The van der Waals surface area contributed by atoms with E-state index in [1.807, 2.05) is 29.3 Å². The fourth-order valence-electron chi connectivity index (χ4n) is 3.01. The van der Waals surface area contributed by atoms with Crippen LogP contribution >= 0.6 is 22.7 Å². The summed E-state index contributed by atoms with van der Waals surface area (Å²) in [6, 6.07) is 6.10. The summed E-state index contributed by atoms with van der Waals surface area (Å²) in [5, 5.41) is 2.77. The first-order valence-corrected chi connectivity index (χ1v) is 10.2. The van der Waals surface area contributed by atoms with Gasteiger partial charge in [-0.15, -0.1) is 22.7 Å². The average molecular weight is 386 g/mol. The Morgan fingerprint density at radius 3 is 2.92 bits per heavy atom. The number of thiazole rings is 1. The van der Waals surface area contributed by atoms with Crippen molar-refractivity contribution in [3.63, 3.8) is 0 Å². The van der Waals surface area contributed by atoms with Crippen LogP contribution in [0.1, 0.15) is 36.4 Å². The fourth-order valence-corrected chi connectivity index (χ4v) is 4.71. The highest BCUT2D eigenvalue weighted by atomic mass is 32.1. The molecule has 5 nitrogen and oxygen atoms in total. The summed E-state index contributed by atoms with van der Waals surface area (Å²) in [6.07, 6.45) is 4.45. The summed E-state index contributed by atoms with van der Waals surface area (Å²) in [4.78, 5) is 25.4. The molecular weight excluding hydrogens is 366 g/mol. The molecule has 4 heterocycles. The molecule has 0 radical (unpaired) electrons. The summed E-state index contributed by atoms with van der Waals surface area (Å²) in [5.41, 5.74) is 2.92. The van der Waals surface area contributed by atoms with E-state index in [0.29, 0.717) is 25.5 Å². The van der Waals surface area contributed by atoms with Crippen molar-refractivity contribution in [2.75, 3.05) is 6.54 Å². The second kappa shape index (κ2) is 7.65. The molecule has 1 aliphatic heterocycles. The molecule has 0 spiro atoms. The zero-order chi connectivity index (χ0) is 17.9. The van der Waals surface area contributed by atoms with Crippen LogP contribution in [0.15, 0.2) is 36.0 Å². The molecule has 0 fully saturated rings. The summed E-state index contributed by atoms with van der Waals surface area (Å²) in [7, 11) is 0. The van der Waals surface area contributed by atoms with Crippen molar-refractivity contribution in [3.8, 4) is 0 Å². The molecule has 3 aromatic heterocycles. The number of aromatic nitrogens is 2. The van der Waals surface area contributed by atoms with Crippen molar-refractivity contribution in [3.05, 3.63) is 67.6 Å². The zero-order valence-electron chi connectivity index (χ0n) is 14.5. The van der Waals surface area contributed by atoms with Crippen LogP contribution < -0.4 is 0 Å². The minimum Gasteiger partial charge on any atom is -0.371 e. The highest BCUT2D eigenvalue weighted by Gasteiger charge is 2.25. The van der Waals surface area contributed by atoms with E-state index in [1.165, 1.54) is 26.7 Å². The number of amides is 1. The van der Waals surface area contributed by atoms with Crippen LogP contribution in [0.3, 0.4) is 0 Å². The van der Waals surface area contributed by atoms with Crippen molar-refractivity contribution in [1.82, 2.24) is 14.9 Å². The Morgan fingerprint density at radius 2 is 2.15 bits per heavy atom. The minimum absolute atomic E-state index is 0.0293. The zero-order valence-corrected chi connectivity index (χ0v) is 16.1. The van der Waals surface area contributed by atoms with Crippen molar-refractivity contribution < 1.29 is 9.53 Å². The third-order valence-electron chi connectivity index (χ3n) is 4.31. The van der Waals surface area contributed by atoms with Gasteiger partial charge >= 0.3 is 0 Å². The van der Waals surface area contributed by atoms with Gasteiger partial charge in [-0.1, -0.05) is 0 Å². The Hall–Kier alpha value is -2.09. The maximum Gasteiger partial charge on any atom is 0.273 e. The lowest BCUT2D eigenvalue weighted by atomic mass is 10.1. The number of pyridine rings is 1. The normalized spacial score (nSPS) is 13.7. The minimum atomic E-state index is 0.0293. The van der Waals surface area contributed by atoms with Gasteiger partial charge in [0.25, 0.3) is 5.91 Å². The number of aryl methyl sites for hydroxylation is 1. The fraction of sp³-hybridized carbons (Fsp3) is 0.316. The van der Waals surface area contributed by atoms with Gasteiger partial charge in [-0.3, -0.25) is 9.78 Å². The molecule has 0 unspecified atom stereocenters. The molecule has 4 rings (SSSR count). The van der Waals surface area contributed by atoms with Gasteiger partial charge < -0.3 is 9.64 Å². The largest absolute Gasteiger partial charge is 0.371 e. The molecule has 0 atom stereocenters. The van der Waals surface area contributed by atoms with Gasteiger partial charge in [0, 0.05) is 40.6 Å². The summed E-state index contributed by atoms with van der Waals surface area (Å²) in [5.74, 6) is 0.0293. The van der Waals surface area contributed by atoms with Gasteiger partial charge in [-0.05, 0) is 42.7 Å². The van der Waals surface area contributed by atoms with Crippen LogP contribution in [-0.4, -0.2) is 27.3 Å². The van der Waals surface area contributed by atoms with Crippen LogP contribution in [0.5, 0.6) is 0 Å². The molecule has 1 aliphatic rings. The standard InChI is InChI=1S/C19H19N3O2S2/c1-13-21-17(12-25-13)19(23)22-7-4-18-15(9-22)8-16(26-18)11-24-10-14-2-5-20-6-3-14/h2-3,5-6,8,12H,4,7,9-11H2,1H3. The van der Waals surface area contributed by atoms with E-state index in [-0.39, 0.29) is 5.91 Å². The number of thiophene rings is 1. The second-order valence-electron chi connectivity index (χ2n) is 6.24. The Bertz CT molecular complexity index is 905. The SMILES string of the molecule is Cc1nc(C(=O)N2CCc3sc(COCc4ccncc4)cc3C2)cs1. The molecule has 0 bridgehead atoms.